The summed E-state index contributed by atoms with van der Waals surface area (Å²) >= 11 is 0. The van der Waals surface area contributed by atoms with Crippen molar-refractivity contribution >= 4 is 17.4 Å². The third-order valence-corrected chi connectivity index (χ3v) is 2.40. The lowest BCUT2D eigenvalue weighted by Crippen LogP contribution is -2.39. The standard InChI is InChI=1S/C10H14N4/c1-4-9-12-6-14-7(2)5-11-8(3)10(14)13-9/h5H,4,6H2,1-3H3. The fourth-order valence-corrected chi connectivity index (χ4v) is 1.50. The zero-order valence-electron chi connectivity index (χ0n) is 8.78. The highest BCUT2D eigenvalue weighted by Gasteiger charge is 2.22. The molecule has 2 aliphatic rings. The van der Waals surface area contributed by atoms with Crippen molar-refractivity contribution in [1.82, 2.24) is 4.90 Å². The third kappa shape index (κ3) is 1.36. The maximum atomic E-state index is 4.47. The molecule has 0 aromatic carbocycles. The fourth-order valence-electron chi connectivity index (χ4n) is 1.50. The predicted molar refractivity (Wildman–Crippen MR) is 58.7 cm³/mol. The molecule has 0 saturated carbocycles. The Morgan fingerprint density at radius 3 is 2.93 bits per heavy atom. The summed E-state index contributed by atoms with van der Waals surface area (Å²) in [4.78, 5) is 15.2. The van der Waals surface area contributed by atoms with Gasteiger partial charge in [0.05, 0.1) is 5.71 Å². The number of fused-ring (bicyclic) bond motifs is 1. The maximum Gasteiger partial charge on any atom is 0.157 e. The minimum Gasteiger partial charge on any atom is -0.307 e. The van der Waals surface area contributed by atoms with Crippen LogP contribution in [0.5, 0.6) is 0 Å². The Morgan fingerprint density at radius 1 is 1.43 bits per heavy atom. The Morgan fingerprint density at radius 2 is 2.21 bits per heavy atom. The second-order valence-corrected chi connectivity index (χ2v) is 3.42. The van der Waals surface area contributed by atoms with Gasteiger partial charge in [-0.15, -0.1) is 0 Å². The average molecular weight is 190 g/mol. The van der Waals surface area contributed by atoms with Gasteiger partial charge in [-0.3, -0.25) is 4.99 Å². The number of amidine groups is 2. The van der Waals surface area contributed by atoms with E-state index < -0.39 is 0 Å². The fraction of sp³-hybridized carbons (Fsp3) is 0.500. The first-order valence-corrected chi connectivity index (χ1v) is 4.83. The quantitative estimate of drug-likeness (QED) is 0.621. The molecule has 0 spiro atoms. The van der Waals surface area contributed by atoms with Gasteiger partial charge >= 0.3 is 0 Å². The molecule has 0 aliphatic carbocycles. The molecule has 0 aromatic heterocycles. The molecule has 74 valence electrons. The largest absolute Gasteiger partial charge is 0.307 e. The summed E-state index contributed by atoms with van der Waals surface area (Å²) in [6.45, 7) is 6.75. The molecule has 0 radical (unpaired) electrons. The minimum atomic E-state index is 0.678. The van der Waals surface area contributed by atoms with Crippen LogP contribution in [-0.2, 0) is 0 Å². The zero-order chi connectivity index (χ0) is 10.1. The van der Waals surface area contributed by atoms with E-state index in [1.165, 1.54) is 0 Å². The molecule has 0 aromatic rings. The summed E-state index contributed by atoms with van der Waals surface area (Å²) in [5.41, 5.74) is 2.07. The summed E-state index contributed by atoms with van der Waals surface area (Å²) in [6.07, 6.45) is 2.74. The number of hydrogen-bond donors (Lipinski definition) is 0. The van der Waals surface area contributed by atoms with Gasteiger partial charge in [-0.1, -0.05) is 6.92 Å². The van der Waals surface area contributed by atoms with Crippen LogP contribution >= 0.6 is 0 Å². The third-order valence-electron chi connectivity index (χ3n) is 2.40. The second kappa shape index (κ2) is 3.36. The molecular formula is C10H14N4. The summed E-state index contributed by atoms with van der Waals surface area (Å²) in [6, 6.07) is 0. The van der Waals surface area contributed by atoms with Crippen LogP contribution in [0.1, 0.15) is 27.2 Å². The Hall–Kier alpha value is -1.45. The molecule has 2 rings (SSSR count). The lowest BCUT2D eigenvalue weighted by Gasteiger charge is -2.30. The second-order valence-electron chi connectivity index (χ2n) is 3.42. The molecular weight excluding hydrogens is 176 g/mol. The topological polar surface area (TPSA) is 40.3 Å². The van der Waals surface area contributed by atoms with Crippen LogP contribution < -0.4 is 0 Å². The van der Waals surface area contributed by atoms with E-state index >= 15 is 0 Å². The van der Waals surface area contributed by atoms with Crippen molar-refractivity contribution in [2.75, 3.05) is 6.67 Å². The van der Waals surface area contributed by atoms with Crippen LogP contribution in [0.25, 0.3) is 0 Å². The smallest absolute Gasteiger partial charge is 0.157 e. The van der Waals surface area contributed by atoms with Crippen molar-refractivity contribution in [1.29, 1.82) is 0 Å². The molecule has 0 fully saturated rings. The highest BCUT2D eigenvalue weighted by atomic mass is 15.3. The predicted octanol–water partition coefficient (Wildman–Crippen LogP) is 1.80. The Kier molecular flexibility index (Phi) is 2.19. The van der Waals surface area contributed by atoms with Gasteiger partial charge in [0.1, 0.15) is 12.5 Å². The van der Waals surface area contributed by atoms with Gasteiger partial charge in [-0.05, 0) is 13.8 Å². The maximum absolute atomic E-state index is 4.47. The van der Waals surface area contributed by atoms with Crippen LogP contribution in [0.15, 0.2) is 26.9 Å². The van der Waals surface area contributed by atoms with Crippen LogP contribution in [-0.4, -0.2) is 29.0 Å². The molecule has 0 saturated heterocycles. The van der Waals surface area contributed by atoms with Gasteiger partial charge in [0.25, 0.3) is 0 Å². The van der Waals surface area contributed by atoms with Crippen molar-refractivity contribution in [2.24, 2.45) is 15.0 Å². The zero-order valence-corrected chi connectivity index (χ0v) is 8.78. The lowest BCUT2D eigenvalue weighted by atomic mass is 10.2. The van der Waals surface area contributed by atoms with E-state index in [0.717, 1.165) is 29.5 Å². The van der Waals surface area contributed by atoms with E-state index in [0.29, 0.717) is 6.67 Å². The summed E-state index contributed by atoms with van der Waals surface area (Å²) in [5, 5.41) is 0. The first kappa shape index (κ1) is 9.12. The molecule has 4 nitrogen and oxygen atoms in total. The normalized spacial score (nSPS) is 20.6. The molecule has 4 heteroatoms. The first-order chi connectivity index (χ1) is 6.72. The van der Waals surface area contributed by atoms with Crippen molar-refractivity contribution in [3.8, 4) is 0 Å². The summed E-state index contributed by atoms with van der Waals surface area (Å²) in [5.74, 6) is 1.87. The van der Waals surface area contributed by atoms with Gasteiger partial charge in [0, 0.05) is 18.3 Å². The van der Waals surface area contributed by atoms with Gasteiger partial charge < -0.3 is 4.90 Å². The molecule has 0 unspecified atom stereocenters. The number of aliphatic imine (C=N–C) groups is 3. The van der Waals surface area contributed by atoms with Crippen LogP contribution in [0.2, 0.25) is 0 Å². The van der Waals surface area contributed by atoms with E-state index in [1.807, 2.05) is 20.0 Å². The number of nitrogens with zero attached hydrogens (tertiary/aromatic N) is 4. The van der Waals surface area contributed by atoms with Gasteiger partial charge in [0.15, 0.2) is 5.84 Å². The van der Waals surface area contributed by atoms with Gasteiger partial charge in [-0.2, -0.15) is 0 Å². The number of rotatable bonds is 1. The molecule has 0 bridgehead atoms. The first-order valence-electron chi connectivity index (χ1n) is 4.83. The molecule has 0 N–H and O–H groups in total. The van der Waals surface area contributed by atoms with Gasteiger partial charge in [-0.25, -0.2) is 9.98 Å². The van der Waals surface area contributed by atoms with Crippen LogP contribution in [0.3, 0.4) is 0 Å². The van der Waals surface area contributed by atoms with Crippen molar-refractivity contribution in [2.45, 2.75) is 27.2 Å². The van der Waals surface area contributed by atoms with E-state index in [2.05, 4.69) is 26.8 Å². The van der Waals surface area contributed by atoms with Gasteiger partial charge in [0.2, 0.25) is 0 Å². The summed E-state index contributed by atoms with van der Waals surface area (Å²) < 4.78 is 0. The molecule has 14 heavy (non-hydrogen) atoms. The molecule has 0 atom stereocenters. The van der Waals surface area contributed by atoms with Crippen molar-refractivity contribution in [3.63, 3.8) is 0 Å². The van der Waals surface area contributed by atoms with E-state index in [-0.39, 0.29) is 0 Å². The number of hydrogen-bond acceptors (Lipinski definition) is 4. The van der Waals surface area contributed by atoms with E-state index in [4.69, 9.17) is 0 Å². The lowest BCUT2D eigenvalue weighted by molar-refractivity contribution is 0.523. The average Bonchev–Trinajstić information content (AvgIpc) is 2.23. The Balaban J connectivity index is 2.38. The van der Waals surface area contributed by atoms with Crippen molar-refractivity contribution < 1.29 is 0 Å². The van der Waals surface area contributed by atoms with E-state index in [1.54, 1.807) is 0 Å². The molecule has 0 amide bonds. The molecule has 2 heterocycles. The van der Waals surface area contributed by atoms with Crippen molar-refractivity contribution in [3.05, 3.63) is 11.9 Å². The number of allylic oxidation sites excluding steroid dienone is 1. The summed E-state index contributed by atoms with van der Waals surface area (Å²) in [7, 11) is 0. The van der Waals surface area contributed by atoms with Crippen LogP contribution in [0, 0.1) is 0 Å². The minimum absolute atomic E-state index is 0.678. The Bertz CT molecular complexity index is 374. The van der Waals surface area contributed by atoms with E-state index in [9.17, 15) is 0 Å². The monoisotopic (exact) mass is 190 g/mol. The molecule has 2 aliphatic heterocycles. The SMILES string of the molecule is CCC1=NCN2C(C)=CN=C(C)C2=N1. The highest BCUT2D eigenvalue weighted by molar-refractivity contribution is 6.43. The van der Waals surface area contributed by atoms with Crippen LogP contribution in [0.4, 0.5) is 0 Å². The highest BCUT2D eigenvalue weighted by Crippen LogP contribution is 2.15. The Labute approximate surface area is 83.8 Å².